The van der Waals surface area contributed by atoms with Crippen LogP contribution in [0.4, 0.5) is 5.69 Å². The first-order valence-corrected chi connectivity index (χ1v) is 10.9. The number of rotatable bonds is 5. The van der Waals surface area contributed by atoms with E-state index in [9.17, 15) is 9.59 Å². The highest BCUT2D eigenvalue weighted by molar-refractivity contribution is 7.99. The molecule has 0 radical (unpaired) electrons. The highest BCUT2D eigenvalue weighted by Crippen LogP contribution is 2.39. The lowest BCUT2D eigenvalue weighted by Gasteiger charge is -2.32. The van der Waals surface area contributed by atoms with E-state index in [4.69, 9.17) is 16.7 Å². The third kappa shape index (κ3) is 3.44. The minimum Gasteiger partial charge on any atom is -0.291 e. The van der Waals surface area contributed by atoms with Gasteiger partial charge in [-0.2, -0.15) is 0 Å². The Kier molecular flexibility index (Phi) is 5.74. The van der Waals surface area contributed by atoms with E-state index < -0.39 is 6.17 Å². The fourth-order valence-corrected chi connectivity index (χ4v) is 4.40. The normalized spacial score (nSPS) is 14.7. The molecule has 1 amide bonds. The second-order valence-electron chi connectivity index (χ2n) is 6.68. The molecule has 6 nitrogen and oxygen atoms in total. The van der Waals surface area contributed by atoms with Crippen molar-refractivity contribution in [2.24, 2.45) is 0 Å². The second kappa shape index (κ2) is 8.45. The van der Waals surface area contributed by atoms with Crippen LogP contribution in [-0.2, 0) is 4.79 Å². The third-order valence-corrected chi connectivity index (χ3v) is 6.05. The number of aromatic amines is 1. The van der Waals surface area contributed by atoms with Crippen molar-refractivity contribution in [2.75, 3.05) is 10.7 Å². The van der Waals surface area contributed by atoms with Gasteiger partial charge in [-0.05, 0) is 28.9 Å². The number of para-hydroxylation sites is 1. The summed E-state index contributed by atoms with van der Waals surface area (Å²) < 4.78 is 1.61. The topological polar surface area (TPSA) is 69.9 Å². The number of H-pyrrole nitrogens is 1. The summed E-state index contributed by atoms with van der Waals surface area (Å²) in [7, 11) is 0. The van der Waals surface area contributed by atoms with E-state index >= 15 is 0 Å². The van der Waals surface area contributed by atoms with Gasteiger partial charge in [0, 0.05) is 17.3 Å². The number of amides is 1. The van der Waals surface area contributed by atoms with Gasteiger partial charge in [0.25, 0.3) is 6.17 Å². The molecular formula is C22H20ClN4O2S+. The molecule has 1 atom stereocenters. The lowest BCUT2D eigenvalue weighted by atomic mass is 10.0. The first-order chi connectivity index (χ1) is 14.6. The number of hydrogen-bond acceptors (Lipinski definition) is 4. The number of halogens is 1. The number of nitrogens with one attached hydrogen (secondary N) is 1. The molecule has 0 unspecified atom stereocenters. The number of anilines is 1. The Hall–Kier alpha value is -2.90. The minimum absolute atomic E-state index is 0.0899. The maximum atomic E-state index is 13.1. The summed E-state index contributed by atoms with van der Waals surface area (Å²) in [6.07, 6.45) is 1.36. The van der Waals surface area contributed by atoms with Gasteiger partial charge in [0.2, 0.25) is 11.1 Å². The van der Waals surface area contributed by atoms with Crippen LogP contribution < -0.4 is 15.1 Å². The van der Waals surface area contributed by atoms with Crippen LogP contribution in [-0.4, -0.2) is 21.7 Å². The van der Waals surface area contributed by atoms with E-state index in [0.717, 1.165) is 0 Å². The maximum absolute atomic E-state index is 13.1. The van der Waals surface area contributed by atoms with Crippen LogP contribution in [0.5, 0.6) is 0 Å². The third-order valence-electron chi connectivity index (χ3n) is 4.85. The number of benzene rings is 2. The van der Waals surface area contributed by atoms with Gasteiger partial charge in [-0.15, -0.1) is 6.58 Å². The standard InChI is InChI=1S/C22H19ClN4O2S/c1-3-13-30-22-24-20(29)19-15-10-6-8-12-17(15)26(18(28)4-2)21(27(19)25-22)14-9-5-7-11-16(14)23/h3,5-12,21H,1,4,13H2,2H3/p+1/t21-/m0/s1. The monoisotopic (exact) mass is 439 g/mol. The van der Waals surface area contributed by atoms with Gasteiger partial charge in [-0.1, -0.05) is 60.6 Å². The SMILES string of the molecule is C=CCSc1n[n+]2c(c(=O)[nH]1)-c1ccccc1N(C(=O)CC)[C@@H]2c1ccccc1Cl. The Bertz CT molecular complexity index is 1190. The smallest absolute Gasteiger partial charge is 0.291 e. The van der Waals surface area contributed by atoms with Gasteiger partial charge in [0.05, 0.1) is 21.8 Å². The van der Waals surface area contributed by atoms with Crippen molar-refractivity contribution >= 4 is 35.0 Å². The summed E-state index contributed by atoms with van der Waals surface area (Å²) in [5.74, 6) is 0.501. The van der Waals surface area contributed by atoms with E-state index in [2.05, 4.69) is 11.6 Å². The maximum Gasteiger partial charge on any atom is 0.325 e. The summed E-state index contributed by atoms with van der Waals surface area (Å²) >= 11 is 7.91. The minimum atomic E-state index is -0.679. The molecule has 1 aliphatic rings. The highest BCUT2D eigenvalue weighted by atomic mass is 35.5. The molecule has 2 aromatic carbocycles. The van der Waals surface area contributed by atoms with Gasteiger partial charge in [0.1, 0.15) is 0 Å². The Morgan fingerprint density at radius 3 is 2.77 bits per heavy atom. The van der Waals surface area contributed by atoms with Crippen LogP contribution in [0.25, 0.3) is 11.3 Å². The Morgan fingerprint density at radius 2 is 2.03 bits per heavy atom. The quantitative estimate of drug-likeness (QED) is 0.371. The molecule has 30 heavy (non-hydrogen) atoms. The van der Waals surface area contributed by atoms with Crippen molar-refractivity contribution in [3.8, 4) is 11.3 Å². The van der Waals surface area contributed by atoms with Crippen LogP contribution in [0.1, 0.15) is 25.1 Å². The summed E-state index contributed by atoms with van der Waals surface area (Å²) in [6.45, 7) is 5.53. The van der Waals surface area contributed by atoms with Crippen LogP contribution in [0.15, 0.2) is 71.1 Å². The first kappa shape index (κ1) is 20.4. The van der Waals surface area contributed by atoms with E-state index in [1.165, 1.54) is 11.8 Å². The number of fused-ring (bicyclic) bond motifs is 3. The zero-order chi connectivity index (χ0) is 21.3. The molecule has 0 aliphatic carbocycles. The summed E-state index contributed by atoms with van der Waals surface area (Å²) in [5, 5.41) is 5.65. The van der Waals surface area contributed by atoms with Crippen molar-refractivity contribution in [3.63, 3.8) is 0 Å². The van der Waals surface area contributed by atoms with Crippen molar-refractivity contribution in [1.82, 2.24) is 10.1 Å². The fourth-order valence-electron chi connectivity index (χ4n) is 3.58. The van der Waals surface area contributed by atoms with Crippen molar-refractivity contribution in [3.05, 3.63) is 82.1 Å². The van der Waals surface area contributed by atoms with Crippen molar-refractivity contribution in [2.45, 2.75) is 24.7 Å². The zero-order valence-electron chi connectivity index (χ0n) is 16.3. The van der Waals surface area contributed by atoms with E-state index in [1.54, 1.807) is 21.7 Å². The molecular weight excluding hydrogens is 420 g/mol. The number of carbonyl (C=O) groups is 1. The van der Waals surface area contributed by atoms with E-state index in [-0.39, 0.29) is 11.5 Å². The lowest BCUT2D eigenvalue weighted by Crippen LogP contribution is -2.61. The average molecular weight is 440 g/mol. The molecule has 1 aliphatic heterocycles. The Labute approximate surface area is 183 Å². The van der Waals surface area contributed by atoms with E-state index in [1.807, 2.05) is 49.4 Å². The lowest BCUT2D eigenvalue weighted by molar-refractivity contribution is -0.763. The van der Waals surface area contributed by atoms with Crippen LogP contribution in [0.3, 0.4) is 0 Å². The highest BCUT2D eigenvalue weighted by Gasteiger charge is 2.46. The first-order valence-electron chi connectivity index (χ1n) is 9.52. The number of thioether (sulfide) groups is 1. The summed E-state index contributed by atoms with van der Waals surface area (Å²) in [5.41, 5.74) is 2.12. The number of carbonyl (C=O) groups excluding carboxylic acids is 1. The molecule has 0 bridgehead atoms. The van der Waals surface area contributed by atoms with E-state index in [0.29, 0.717) is 44.9 Å². The molecule has 0 fully saturated rings. The molecule has 3 aromatic rings. The molecule has 0 saturated heterocycles. The predicted molar refractivity (Wildman–Crippen MR) is 119 cm³/mol. The molecule has 2 heterocycles. The van der Waals surface area contributed by atoms with Crippen molar-refractivity contribution in [1.29, 1.82) is 0 Å². The molecule has 1 aromatic heterocycles. The fraction of sp³-hybridized carbons (Fsp3) is 0.182. The molecule has 152 valence electrons. The second-order valence-corrected chi connectivity index (χ2v) is 8.10. The number of hydrogen-bond donors (Lipinski definition) is 1. The summed E-state index contributed by atoms with van der Waals surface area (Å²) in [6, 6.07) is 14.7. The van der Waals surface area contributed by atoms with Crippen molar-refractivity contribution < 1.29 is 9.48 Å². The molecule has 0 saturated carbocycles. The predicted octanol–water partition coefficient (Wildman–Crippen LogP) is 3.96. The van der Waals surface area contributed by atoms with Gasteiger partial charge in [0.15, 0.2) is 0 Å². The zero-order valence-corrected chi connectivity index (χ0v) is 17.9. The largest absolute Gasteiger partial charge is 0.325 e. The summed E-state index contributed by atoms with van der Waals surface area (Å²) in [4.78, 5) is 30.8. The van der Waals surface area contributed by atoms with Gasteiger partial charge in [-0.25, -0.2) is 4.90 Å². The van der Waals surface area contributed by atoms with Gasteiger partial charge < -0.3 is 0 Å². The number of aromatic nitrogens is 3. The molecule has 1 N–H and O–H groups in total. The van der Waals surface area contributed by atoms with Crippen LogP contribution >= 0.6 is 23.4 Å². The Morgan fingerprint density at radius 1 is 1.30 bits per heavy atom. The average Bonchev–Trinajstić information content (AvgIpc) is 2.76. The van der Waals surface area contributed by atoms with Crippen LogP contribution in [0, 0.1) is 0 Å². The Balaban J connectivity index is 2.06. The molecule has 4 rings (SSSR count). The molecule has 0 spiro atoms. The van der Waals surface area contributed by atoms with Gasteiger partial charge in [-0.3, -0.25) is 14.6 Å². The number of nitrogens with zero attached hydrogens (tertiary/aromatic N) is 3. The van der Waals surface area contributed by atoms with Crippen LogP contribution in [0.2, 0.25) is 5.02 Å². The molecule has 8 heteroatoms. The van der Waals surface area contributed by atoms with Gasteiger partial charge >= 0.3 is 11.3 Å².